The second-order valence-corrected chi connectivity index (χ2v) is 7.54. The molecule has 1 aromatic carbocycles. The summed E-state index contributed by atoms with van der Waals surface area (Å²) >= 11 is 0. The molecule has 1 N–H and O–H groups in total. The van der Waals surface area contributed by atoms with Crippen molar-refractivity contribution in [2.75, 3.05) is 19.7 Å². The summed E-state index contributed by atoms with van der Waals surface area (Å²) in [5.41, 5.74) is 1.11. The smallest absolute Gasteiger partial charge is 0.227 e. The number of carbonyl (C=O) groups excluding carboxylic acids is 1. The summed E-state index contributed by atoms with van der Waals surface area (Å²) in [5, 5.41) is 3.29. The van der Waals surface area contributed by atoms with Gasteiger partial charge in [0.05, 0.1) is 18.6 Å². The highest BCUT2D eigenvalue weighted by atomic mass is 16.5. The second kappa shape index (κ2) is 7.66. The average molecular weight is 330 g/mol. The first-order valence-corrected chi connectivity index (χ1v) is 9.29. The number of morpholine rings is 1. The lowest BCUT2D eigenvalue weighted by molar-refractivity contribution is -0.123. The van der Waals surface area contributed by atoms with Crippen LogP contribution in [-0.4, -0.2) is 48.7 Å². The van der Waals surface area contributed by atoms with E-state index in [0.29, 0.717) is 18.1 Å². The van der Waals surface area contributed by atoms with Crippen molar-refractivity contribution in [2.24, 2.45) is 5.92 Å². The largest absolute Gasteiger partial charge is 0.375 e. The molecular formula is C20H30N2O2. The van der Waals surface area contributed by atoms with E-state index in [1.165, 1.54) is 0 Å². The van der Waals surface area contributed by atoms with Gasteiger partial charge in [-0.05, 0) is 24.3 Å². The standard InChI is InChI=1S/C20H30N2O2/c1-4-18(15-8-6-5-7-9-15)20(23)21-16-10-17-13-24-19(14(2)3)12-22(17)11-16/h5-9,14,16-19H,4,10-13H2,1-3H3,(H,21,23)/t16-,17-,18+,19+/m0/s1. The van der Waals surface area contributed by atoms with E-state index in [9.17, 15) is 4.79 Å². The highest BCUT2D eigenvalue weighted by Gasteiger charge is 2.39. The first kappa shape index (κ1) is 17.4. The van der Waals surface area contributed by atoms with Gasteiger partial charge in [-0.15, -0.1) is 0 Å². The normalized spacial score (nSPS) is 28.6. The minimum Gasteiger partial charge on any atom is -0.375 e. The molecule has 4 heteroatoms. The molecule has 2 saturated heterocycles. The van der Waals surface area contributed by atoms with Gasteiger partial charge < -0.3 is 10.1 Å². The number of fused-ring (bicyclic) bond motifs is 1. The highest BCUT2D eigenvalue weighted by Crippen LogP contribution is 2.27. The lowest BCUT2D eigenvalue weighted by atomic mass is 9.95. The van der Waals surface area contributed by atoms with Gasteiger partial charge >= 0.3 is 0 Å². The highest BCUT2D eigenvalue weighted by molar-refractivity contribution is 5.83. The molecule has 2 aliphatic rings. The molecule has 1 amide bonds. The minimum absolute atomic E-state index is 0.0523. The van der Waals surface area contributed by atoms with E-state index in [2.05, 4.69) is 31.0 Å². The quantitative estimate of drug-likeness (QED) is 0.903. The van der Waals surface area contributed by atoms with Crippen LogP contribution < -0.4 is 5.32 Å². The zero-order valence-electron chi connectivity index (χ0n) is 15.1. The molecule has 2 heterocycles. The van der Waals surface area contributed by atoms with E-state index < -0.39 is 0 Å². The summed E-state index contributed by atoms with van der Waals surface area (Å²) in [6, 6.07) is 10.8. The Morgan fingerprint density at radius 2 is 2.04 bits per heavy atom. The molecule has 2 fully saturated rings. The molecule has 2 aliphatic heterocycles. The Bertz CT molecular complexity index is 546. The Labute approximate surface area is 145 Å². The van der Waals surface area contributed by atoms with Crippen LogP contribution in [0.2, 0.25) is 0 Å². The van der Waals surface area contributed by atoms with E-state index in [4.69, 9.17) is 4.74 Å². The monoisotopic (exact) mass is 330 g/mol. The zero-order valence-corrected chi connectivity index (χ0v) is 15.1. The average Bonchev–Trinajstić information content (AvgIpc) is 2.97. The number of rotatable bonds is 5. The van der Waals surface area contributed by atoms with Crippen molar-refractivity contribution >= 4 is 5.91 Å². The van der Waals surface area contributed by atoms with E-state index >= 15 is 0 Å². The maximum atomic E-state index is 12.7. The molecule has 132 valence electrons. The summed E-state index contributed by atoms with van der Waals surface area (Å²) in [7, 11) is 0. The molecule has 4 nitrogen and oxygen atoms in total. The van der Waals surface area contributed by atoms with Crippen molar-refractivity contribution in [3.8, 4) is 0 Å². The molecule has 0 saturated carbocycles. The third-order valence-electron chi connectivity index (χ3n) is 5.46. The van der Waals surface area contributed by atoms with Crippen molar-refractivity contribution in [1.82, 2.24) is 10.2 Å². The minimum atomic E-state index is -0.0523. The number of hydrogen-bond donors (Lipinski definition) is 1. The molecule has 0 radical (unpaired) electrons. The lowest BCUT2D eigenvalue weighted by Crippen LogP contribution is -2.48. The maximum absolute atomic E-state index is 12.7. The van der Waals surface area contributed by atoms with Crippen LogP contribution in [0.5, 0.6) is 0 Å². The fourth-order valence-electron chi connectivity index (χ4n) is 3.97. The summed E-state index contributed by atoms with van der Waals surface area (Å²) in [6.45, 7) is 9.25. The molecule has 0 aromatic heterocycles. The van der Waals surface area contributed by atoms with E-state index in [0.717, 1.165) is 38.1 Å². The Balaban J connectivity index is 1.58. The molecule has 4 atom stereocenters. The van der Waals surface area contributed by atoms with Gasteiger partial charge in [0.25, 0.3) is 0 Å². The number of nitrogens with one attached hydrogen (secondary N) is 1. The van der Waals surface area contributed by atoms with Crippen LogP contribution in [-0.2, 0) is 9.53 Å². The Kier molecular flexibility index (Phi) is 5.57. The fourth-order valence-corrected chi connectivity index (χ4v) is 3.97. The molecule has 0 bridgehead atoms. The third kappa shape index (κ3) is 3.81. The van der Waals surface area contributed by atoms with Gasteiger partial charge in [0, 0.05) is 25.2 Å². The molecule has 0 aliphatic carbocycles. The van der Waals surface area contributed by atoms with Crippen molar-refractivity contribution < 1.29 is 9.53 Å². The number of ether oxygens (including phenoxy) is 1. The Morgan fingerprint density at radius 3 is 2.71 bits per heavy atom. The van der Waals surface area contributed by atoms with Gasteiger partial charge in [0.15, 0.2) is 0 Å². The first-order valence-electron chi connectivity index (χ1n) is 9.29. The zero-order chi connectivity index (χ0) is 17.1. The van der Waals surface area contributed by atoms with Crippen LogP contribution in [0.1, 0.15) is 45.1 Å². The number of benzene rings is 1. The van der Waals surface area contributed by atoms with Gasteiger partial charge in [-0.1, -0.05) is 51.1 Å². The van der Waals surface area contributed by atoms with Crippen LogP contribution in [0.3, 0.4) is 0 Å². The van der Waals surface area contributed by atoms with Crippen LogP contribution in [0.4, 0.5) is 0 Å². The number of nitrogens with zero attached hydrogens (tertiary/aromatic N) is 1. The molecule has 0 unspecified atom stereocenters. The summed E-state index contributed by atoms with van der Waals surface area (Å²) in [6.07, 6.45) is 2.15. The van der Waals surface area contributed by atoms with Crippen molar-refractivity contribution in [1.29, 1.82) is 0 Å². The maximum Gasteiger partial charge on any atom is 0.227 e. The Morgan fingerprint density at radius 1 is 1.29 bits per heavy atom. The van der Waals surface area contributed by atoms with Crippen molar-refractivity contribution in [2.45, 2.75) is 57.7 Å². The van der Waals surface area contributed by atoms with Crippen molar-refractivity contribution in [3.05, 3.63) is 35.9 Å². The van der Waals surface area contributed by atoms with Crippen LogP contribution >= 0.6 is 0 Å². The SMILES string of the molecule is CC[C@@H](C(=O)N[C@H]1C[C@H]2CO[C@@H](C(C)C)CN2C1)c1ccccc1. The number of carbonyl (C=O) groups is 1. The lowest BCUT2D eigenvalue weighted by Gasteiger charge is -2.36. The first-order chi connectivity index (χ1) is 11.6. The Hall–Kier alpha value is -1.39. The van der Waals surface area contributed by atoms with Crippen LogP contribution in [0, 0.1) is 5.92 Å². The van der Waals surface area contributed by atoms with Gasteiger partial charge in [0.2, 0.25) is 5.91 Å². The predicted octanol–water partition coefficient (Wildman–Crippen LogP) is 2.79. The number of amides is 1. The van der Waals surface area contributed by atoms with E-state index in [1.54, 1.807) is 0 Å². The summed E-state index contributed by atoms with van der Waals surface area (Å²) < 4.78 is 5.99. The van der Waals surface area contributed by atoms with Gasteiger partial charge in [-0.25, -0.2) is 0 Å². The van der Waals surface area contributed by atoms with Crippen molar-refractivity contribution in [3.63, 3.8) is 0 Å². The molecule has 0 spiro atoms. The van der Waals surface area contributed by atoms with Crippen LogP contribution in [0.15, 0.2) is 30.3 Å². The van der Waals surface area contributed by atoms with Crippen LogP contribution in [0.25, 0.3) is 0 Å². The summed E-state index contributed by atoms with van der Waals surface area (Å²) in [4.78, 5) is 15.3. The third-order valence-corrected chi connectivity index (χ3v) is 5.46. The van der Waals surface area contributed by atoms with E-state index in [1.807, 2.05) is 30.3 Å². The predicted molar refractivity (Wildman–Crippen MR) is 96.0 cm³/mol. The summed E-state index contributed by atoms with van der Waals surface area (Å²) in [5.74, 6) is 0.653. The van der Waals surface area contributed by atoms with E-state index in [-0.39, 0.29) is 17.9 Å². The molecule has 3 rings (SSSR count). The van der Waals surface area contributed by atoms with Gasteiger partial charge in [-0.2, -0.15) is 0 Å². The second-order valence-electron chi connectivity index (χ2n) is 7.54. The topological polar surface area (TPSA) is 41.6 Å². The van der Waals surface area contributed by atoms with Gasteiger partial charge in [-0.3, -0.25) is 9.69 Å². The number of hydrogen-bond acceptors (Lipinski definition) is 3. The van der Waals surface area contributed by atoms with Gasteiger partial charge in [0.1, 0.15) is 0 Å². The molecule has 24 heavy (non-hydrogen) atoms. The molecular weight excluding hydrogens is 300 g/mol. The molecule has 1 aromatic rings. The fraction of sp³-hybridized carbons (Fsp3) is 0.650.